The first kappa shape index (κ1) is 19.0. The van der Waals surface area contributed by atoms with Crippen molar-refractivity contribution in [3.05, 3.63) is 61.1 Å². The van der Waals surface area contributed by atoms with E-state index in [0.717, 1.165) is 53.1 Å². The lowest BCUT2D eigenvalue weighted by Crippen LogP contribution is -2.38. The second-order valence-electron chi connectivity index (χ2n) is 8.55. The summed E-state index contributed by atoms with van der Waals surface area (Å²) < 4.78 is 0. The molecule has 31 heavy (non-hydrogen) atoms. The van der Waals surface area contributed by atoms with E-state index in [9.17, 15) is 10.1 Å². The number of nitrogens with two attached hydrogens (primary N) is 1. The molecular formula is C24H22N4OS2. The minimum atomic E-state index is -0.346. The maximum Gasteiger partial charge on any atom is 0.161 e. The molecule has 0 unspecified atom stereocenters. The molecule has 4 heterocycles. The van der Waals surface area contributed by atoms with Gasteiger partial charge < -0.3 is 5.73 Å². The molecule has 5 nitrogen and oxygen atoms in total. The zero-order valence-corrected chi connectivity index (χ0v) is 18.7. The molecule has 1 atom stereocenters. The number of ketones is 1. The van der Waals surface area contributed by atoms with Crippen molar-refractivity contribution in [1.82, 2.24) is 0 Å². The van der Waals surface area contributed by atoms with Crippen LogP contribution in [0, 0.1) is 11.3 Å². The van der Waals surface area contributed by atoms with Gasteiger partial charge in [-0.25, -0.2) is 4.99 Å². The van der Waals surface area contributed by atoms with Crippen molar-refractivity contribution in [1.29, 1.82) is 5.26 Å². The normalized spacial score (nSPS) is 22.8. The number of aliphatic imine (C=N–C) groups is 1. The maximum atomic E-state index is 13.2. The number of nitrogens with zero attached hydrogens (tertiary/aromatic N) is 3. The van der Waals surface area contributed by atoms with Gasteiger partial charge in [0.05, 0.1) is 23.1 Å². The van der Waals surface area contributed by atoms with E-state index in [2.05, 4.69) is 11.0 Å². The lowest BCUT2D eigenvalue weighted by molar-refractivity contribution is -0.116. The predicted molar refractivity (Wildman–Crippen MR) is 124 cm³/mol. The molecule has 2 aromatic heterocycles. The monoisotopic (exact) mass is 446 g/mol. The number of rotatable bonds is 1. The van der Waals surface area contributed by atoms with Crippen LogP contribution in [-0.2, 0) is 17.6 Å². The minimum absolute atomic E-state index is 0.159. The van der Waals surface area contributed by atoms with E-state index in [4.69, 9.17) is 10.7 Å². The van der Waals surface area contributed by atoms with Gasteiger partial charge in [-0.1, -0.05) is 6.42 Å². The summed E-state index contributed by atoms with van der Waals surface area (Å²) in [6.07, 6.45) is 7.90. The average molecular weight is 447 g/mol. The van der Waals surface area contributed by atoms with Crippen LogP contribution in [0.15, 0.2) is 44.5 Å². The second kappa shape index (κ2) is 7.18. The summed E-state index contributed by atoms with van der Waals surface area (Å²) >= 11 is 3.37. The fraction of sp³-hybridized carbons (Fsp3) is 0.375. The van der Waals surface area contributed by atoms with E-state index in [1.807, 2.05) is 16.8 Å². The molecule has 2 N–H and O–H groups in total. The van der Waals surface area contributed by atoms with E-state index >= 15 is 0 Å². The van der Waals surface area contributed by atoms with E-state index < -0.39 is 0 Å². The van der Waals surface area contributed by atoms with Crippen LogP contribution in [0.3, 0.4) is 0 Å². The first-order valence-corrected chi connectivity index (χ1v) is 12.7. The number of nitriles is 1. The van der Waals surface area contributed by atoms with Gasteiger partial charge in [0.2, 0.25) is 0 Å². The van der Waals surface area contributed by atoms with Crippen LogP contribution < -0.4 is 10.6 Å². The van der Waals surface area contributed by atoms with E-state index in [1.54, 1.807) is 22.7 Å². The SMILES string of the molecule is N#CC1=C2N=C(N)c3c(sc4c3CCCCC4)N2C2=C(C(=O)CCC2)[C@H]1c1ccsc1. The summed E-state index contributed by atoms with van der Waals surface area (Å²) in [6.45, 7) is 0. The number of fused-ring (bicyclic) bond motifs is 6. The molecule has 4 aliphatic rings. The highest BCUT2D eigenvalue weighted by Crippen LogP contribution is 2.53. The van der Waals surface area contributed by atoms with Crippen LogP contribution in [0.4, 0.5) is 5.00 Å². The molecular weight excluding hydrogens is 424 g/mol. The Kier molecular flexibility index (Phi) is 4.41. The molecule has 2 aromatic rings. The van der Waals surface area contributed by atoms with Crippen molar-refractivity contribution in [2.75, 3.05) is 4.90 Å². The number of aryl methyl sites for hydroxylation is 1. The number of amidine groups is 1. The first-order valence-electron chi connectivity index (χ1n) is 10.9. The first-order chi connectivity index (χ1) is 15.2. The van der Waals surface area contributed by atoms with Gasteiger partial charge in [-0.05, 0) is 66.5 Å². The largest absolute Gasteiger partial charge is 0.383 e. The Hall–Kier alpha value is -2.69. The zero-order chi connectivity index (χ0) is 21.1. The predicted octanol–water partition coefficient (Wildman–Crippen LogP) is 5.14. The summed E-state index contributed by atoms with van der Waals surface area (Å²) in [5.41, 5.74) is 12.3. The topological polar surface area (TPSA) is 82.5 Å². The standard InChI is InChI=1S/C24H22N4OS2/c25-11-15-19(13-9-10-30-12-13)21-16(6-4-7-17(21)29)28-23(15)27-22(26)20-14-5-2-1-3-8-18(14)31-24(20)28/h9-10,12,19H,1-8H2,(H2,26,27)/t19-/m0/s1. The number of hydrogen-bond donors (Lipinski definition) is 1. The zero-order valence-electron chi connectivity index (χ0n) is 17.1. The van der Waals surface area contributed by atoms with Crippen LogP contribution in [0.5, 0.6) is 0 Å². The highest BCUT2D eigenvalue weighted by Gasteiger charge is 2.44. The Morgan fingerprint density at radius 1 is 1.16 bits per heavy atom. The summed E-state index contributed by atoms with van der Waals surface area (Å²) in [7, 11) is 0. The van der Waals surface area contributed by atoms with Crippen molar-refractivity contribution >= 4 is 39.3 Å². The Morgan fingerprint density at radius 2 is 2.03 bits per heavy atom. The number of anilines is 1. The van der Waals surface area contributed by atoms with Crippen LogP contribution >= 0.6 is 22.7 Å². The van der Waals surface area contributed by atoms with Gasteiger partial charge in [-0.3, -0.25) is 9.69 Å². The van der Waals surface area contributed by atoms with Gasteiger partial charge in [0.15, 0.2) is 11.6 Å². The molecule has 0 radical (unpaired) electrons. The Labute approximate surface area is 189 Å². The fourth-order valence-electron chi connectivity index (χ4n) is 5.46. The van der Waals surface area contributed by atoms with Crippen LogP contribution in [0.2, 0.25) is 0 Å². The van der Waals surface area contributed by atoms with Gasteiger partial charge >= 0.3 is 0 Å². The van der Waals surface area contributed by atoms with E-state index in [1.165, 1.54) is 29.7 Å². The number of hydrogen-bond acceptors (Lipinski definition) is 7. The molecule has 0 saturated heterocycles. The van der Waals surface area contributed by atoms with Crippen molar-refractivity contribution in [2.24, 2.45) is 10.7 Å². The molecule has 6 rings (SSSR count). The van der Waals surface area contributed by atoms with Crippen LogP contribution in [-0.4, -0.2) is 11.6 Å². The second-order valence-corrected chi connectivity index (χ2v) is 10.4. The Balaban J connectivity index is 1.64. The highest BCUT2D eigenvalue weighted by molar-refractivity contribution is 7.17. The van der Waals surface area contributed by atoms with E-state index in [0.29, 0.717) is 23.7 Å². The highest BCUT2D eigenvalue weighted by atomic mass is 32.1. The Morgan fingerprint density at radius 3 is 2.84 bits per heavy atom. The third-order valence-electron chi connectivity index (χ3n) is 6.81. The molecule has 2 aliphatic heterocycles. The summed E-state index contributed by atoms with van der Waals surface area (Å²) in [5, 5.41) is 15.3. The molecule has 2 aliphatic carbocycles. The number of Topliss-reactive ketones (excluding diaryl/α,β-unsaturated/α-hetero) is 1. The molecule has 0 bridgehead atoms. The molecule has 0 fully saturated rings. The Bertz CT molecular complexity index is 1240. The summed E-state index contributed by atoms with van der Waals surface area (Å²) in [5.74, 6) is 0.949. The summed E-state index contributed by atoms with van der Waals surface area (Å²) in [4.78, 5) is 21.6. The smallest absolute Gasteiger partial charge is 0.161 e. The van der Waals surface area contributed by atoms with Crippen molar-refractivity contribution in [3.63, 3.8) is 0 Å². The van der Waals surface area contributed by atoms with Gasteiger partial charge in [0.1, 0.15) is 10.8 Å². The minimum Gasteiger partial charge on any atom is -0.383 e. The molecule has 7 heteroatoms. The third-order valence-corrected chi connectivity index (χ3v) is 8.79. The quantitative estimate of drug-likeness (QED) is 0.615. The van der Waals surface area contributed by atoms with Gasteiger partial charge in [-0.2, -0.15) is 16.6 Å². The number of carbonyl (C=O) groups is 1. The molecule has 156 valence electrons. The van der Waals surface area contributed by atoms with Crippen molar-refractivity contribution < 1.29 is 4.79 Å². The van der Waals surface area contributed by atoms with Gasteiger partial charge in [0, 0.05) is 22.6 Å². The van der Waals surface area contributed by atoms with Crippen molar-refractivity contribution in [3.8, 4) is 6.07 Å². The van der Waals surface area contributed by atoms with E-state index in [-0.39, 0.29) is 11.7 Å². The van der Waals surface area contributed by atoms with Crippen LogP contribution in [0.1, 0.15) is 66.0 Å². The number of carbonyl (C=O) groups excluding carboxylic acids is 1. The van der Waals surface area contributed by atoms with Crippen molar-refractivity contribution in [2.45, 2.75) is 57.3 Å². The number of allylic oxidation sites excluding steroid dienone is 3. The lowest BCUT2D eigenvalue weighted by Gasteiger charge is -2.40. The molecule has 0 amide bonds. The fourth-order valence-corrected chi connectivity index (χ4v) is 7.58. The average Bonchev–Trinajstić information content (AvgIpc) is 3.36. The lowest BCUT2D eigenvalue weighted by atomic mass is 9.76. The maximum absolute atomic E-state index is 13.2. The third kappa shape index (κ3) is 2.71. The summed E-state index contributed by atoms with van der Waals surface area (Å²) in [6, 6.07) is 4.43. The molecule has 0 spiro atoms. The van der Waals surface area contributed by atoms with Gasteiger partial charge in [-0.15, -0.1) is 11.3 Å². The van der Waals surface area contributed by atoms with Crippen LogP contribution in [0.25, 0.3) is 0 Å². The van der Waals surface area contributed by atoms with Gasteiger partial charge in [0.25, 0.3) is 0 Å². The molecule has 0 saturated carbocycles. The number of thiophene rings is 2. The molecule has 0 aromatic carbocycles.